The molecule has 0 heterocycles. The van der Waals surface area contributed by atoms with Gasteiger partial charge in [-0.3, -0.25) is 9.59 Å². The summed E-state index contributed by atoms with van der Waals surface area (Å²) >= 11 is 11.7. The summed E-state index contributed by atoms with van der Waals surface area (Å²) in [5.74, 6) is -0.567. The molecule has 1 saturated carbocycles. The molecule has 0 unspecified atom stereocenters. The van der Waals surface area contributed by atoms with Crippen molar-refractivity contribution < 1.29 is 9.59 Å². The molecule has 0 radical (unpaired) electrons. The second-order valence-corrected chi connectivity index (χ2v) is 6.58. The van der Waals surface area contributed by atoms with Gasteiger partial charge in [0, 0.05) is 21.8 Å². The highest BCUT2D eigenvalue weighted by Gasteiger charge is 2.23. The van der Waals surface area contributed by atoms with Gasteiger partial charge >= 0.3 is 11.8 Å². The molecular formula is C16H20Cl2N2O2. The Morgan fingerprint density at radius 2 is 1.64 bits per heavy atom. The van der Waals surface area contributed by atoms with Crippen molar-refractivity contribution in [2.45, 2.75) is 45.1 Å². The lowest BCUT2D eigenvalue weighted by Crippen LogP contribution is -2.43. The average Bonchev–Trinajstić information content (AvgIpc) is 2.46. The van der Waals surface area contributed by atoms with Crippen molar-refractivity contribution in [2.24, 2.45) is 5.92 Å². The van der Waals surface area contributed by atoms with Gasteiger partial charge in [0.25, 0.3) is 0 Å². The van der Waals surface area contributed by atoms with Crippen LogP contribution in [0.1, 0.15) is 39.0 Å². The summed E-state index contributed by atoms with van der Waals surface area (Å²) in [5.41, 5.74) is 0.410. The topological polar surface area (TPSA) is 58.2 Å². The van der Waals surface area contributed by atoms with E-state index in [-0.39, 0.29) is 6.04 Å². The van der Waals surface area contributed by atoms with Crippen LogP contribution < -0.4 is 10.6 Å². The maximum atomic E-state index is 11.9. The highest BCUT2D eigenvalue weighted by Crippen LogP contribution is 2.26. The van der Waals surface area contributed by atoms with Crippen molar-refractivity contribution in [1.82, 2.24) is 5.32 Å². The van der Waals surface area contributed by atoms with E-state index in [1.165, 1.54) is 6.42 Å². The molecule has 2 rings (SSSR count). The third kappa shape index (κ3) is 4.89. The molecule has 1 fully saturated rings. The third-order valence-corrected chi connectivity index (χ3v) is 4.52. The molecule has 120 valence electrons. The Bertz CT molecular complexity index is 535. The summed E-state index contributed by atoms with van der Waals surface area (Å²) in [6.45, 7) is 2.19. The lowest BCUT2D eigenvalue weighted by atomic mass is 9.84. The van der Waals surface area contributed by atoms with Gasteiger partial charge < -0.3 is 10.6 Å². The summed E-state index contributed by atoms with van der Waals surface area (Å²) in [6, 6.07) is 4.74. The van der Waals surface area contributed by atoms with Crippen LogP contribution in [0.15, 0.2) is 18.2 Å². The first-order valence-electron chi connectivity index (χ1n) is 7.56. The summed E-state index contributed by atoms with van der Waals surface area (Å²) in [6.07, 6.45) is 5.25. The molecule has 0 aliphatic heterocycles. The van der Waals surface area contributed by atoms with Crippen molar-refractivity contribution in [3.63, 3.8) is 0 Å². The minimum Gasteiger partial charge on any atom is -0.345 e. The highest BCUT2D eigenvalue weighted by atomic mass is 35.5. The van der Waals surface area contributed by atoms with Gasteiger partial charge in [-0.25, -0.2) is 0 Å². The van der Waals surface area contributed by atoms with E-state index in [2.05, 4.69) is 17.6 Å². The molecule has 1 aromatic rings. The van der Waals surface area contributed by atoms with Crippen LogP contribution in [0.25, 0.3) is 0 Å². The van der Waals surface area contributed by atoms with Gasteiger partial charge in [0.2, 0.25) is 0 Å². The van der Waals surface area contributed by atoms with E-state index < -0.39 is 11.8 Å². The van der Waals surface area contributed by atoms with Crippen LogP contribution in [-0.2, 0) is 9.59 Å². The molecule has 2 amide bonds. The fourth-order valence-corrected chi connectivity index (χ4v) is 3.31. The zero-order valence-electron chi connectivity index (χ0n) is 12.5. The quantitative estimate of drug-likeness (QED) is 0.815. The fraction of sp³-hybridized carbons (Fsp3) is 0.500. The Labute approximate surface area is 140 Å². The minimum absolute atomic E-state index is 0.0870. The lowest BCUT2D eigenvalue weighted by molar-refractivity contribution is -0.136. The van der Waals surface area contributed by atoms with E-state index in [4.69, 9.17) is 23.2 Å². The third-order valence-electron chi connectivity index (χ3n) is 4.09. The first kappa shape index (κ1) is 17.1. The van der Waals surface area contributed by atoms with Gasteiger partial charge in [0.15, 0.2) is 0 Å². The second-order valence-electron chi connectivity index (χ2n) is 5.71. The molecule has 2 N–H and O–H groups in total. The Hall–Kier alpha value is -1.26. The number of hydrogen-bond donors (Lipinski definition) is 2. The van der Waals surface area contributed by atoms with Gasteiger partial charge in [0.1, 0.15) is 0 Å². The summed E-state index contributed by atoms with van der Waals surface area (Å²) in [4.78, 5) is 23.9. The van der Waals surface area contributed by atoms with Gasteiger partial charge in [-0.15, -0.1) is 0 Å². The number of carbonyl (C=O) groups is 2. The maximum absolute atomic E-state index is 11.9. The van der Waals surface area contributed by atoms with Gasteiger partial charge in [-0.2, -0.15) is 0 Å². The van der Waals surface area contributed by atoms with Crippen molar-refractivity contribution in [1.29, 1.82) is 0 Å². The zero-order valence-corrected chi connectivity index (χ0v) is 14.0. The van der Waals surface area contributed by atoms with Crippen LogP contribution in [-0.4, -0.2) is 17.9 Å². The fourth-order valence-electron chi connectivity index (χ4n) is 2.78. The molecule has 6 heteroatoms. The van der Waals surface area contributed by atoms with Gasteiger partial charge in [-0.1, -0.05) is 36.5 Å². The monoisotopic (exact) mass is 342 g/mol. The van der Waals surface area contributed by atoms with Gasteiger partial charge in [-0.05, 0) is 49.8 Å². The Morgan fingerprint density at radius 3 is 2.18 bits per heavy atom. The summed E-state index contributed by atoms with van der Waals surface area (Å²) < 4.78 is 0. The van der Waals surface area contributed by atoms with Crippen molar-refractivity contribution in [2.75, 3.05) is 5.32 Å². The number of amides is 2. The standard InChI is InChI=1S/C16H20Cl2N2O2/c1-2-10-3-5-13(6-4-10)19-15(21)16(22)20-14-8-11(17)7-12(18)9-14/h7-10,13H,2-6H2,1H3,(H,19,21)(H,20,22). The maximum Gasteiger partial charge on any atom is 0.313 e. The second kappa shape index (κ2) is 7.84. The van der Waals surface area contributed by atoms with Crippen LogP contribution >= 0.6 is 23.2 Å². The van der Waals surface area contributed by atoms with Crippen molar-refractivity contribution in [3.8, 4) is 0 Å². The molecule has 1 aliphatic rings. The number of anilines is 1. The molecule has 0 aromatic heterocycles. The Balaban J connectivity index is 1.86. The number of nitrogens with one attached hydrogen (secondary N) is 2. The van der Waals surface area contributed by atoms with E-state index >= 15 is 0 Å². The smallest absolute Gasteiger partial charge is 0.313 e. The molecule has 0 atom stereocenters. The van der Waals surface area contributed by atoms with Crippen molar-refractivity contribution in [3.05, 3.63) is 28.2 Å². The molecule has 1 aromatic carbocycles. The lowest BCUT2D eigenvalue weighted by Gasteiger charge is -2.28. The molecule has 1 aliphatic carbocycles. The summed E-state index contributed by atoms with van der Waals surface area (Å²) in [5, 5.41) is 6.12. The van der Waals surface area contributed by atoms with Gasteiger partial charge in [0.05, 0.1) is 0 Å². The number of carbonyl (C=O) groups excluding carboxylic acids is 2. The number of hydrogen-bond acceptors (Lipinski definition) is 2. The van der Waals surface area contributed by atoms with E-state index in [9.17, 15) is 9.59 Å². The van der Waals surface area contributed by atoms with Crippen LogP contribution in [0.2, 0.25) is 10.0 Å². The molecule has 0 bridgehead atoms. The largest absolute Gasteiger partial charge is 0.345 e. The van der Waals surface area contributed by atoms with E-state index in [1.807, 2.05) is 0 Å². The van der Waals surface area contributed by atoms with E-state index in [0.29, 0.717) is 15.7 Å². The molecule has 0 saturated heterocycles. The molecule has 4 nitrogen and oxygen atoms in total. The van der Waals surface area contributed by atoms with Crippen LogP contribution in [0.3, 0.4) is 0 Å². The number of benzene rings is 1. The Kier molecular flexibility index (Phi) is 6.09. The van der Waals surface area contributed by atoms with Crippen molar-refractivity contribution >= 4 is 40.7 Å². The first-order valence-corrected chi connectivity index (χ1v) is 8.31. The first-order chi connectivity index (χ1) is 10.5. The predicted molar refractivity (Wildman–Crippen MR) is 89.3 cm³/mol. The van der Waals surface area contributed by atoms with Crippen LogP contribution in [0.5, 0.6) is 0 Å². The predicted octanol–water partition coefficient (Wildman–Crippen LogP) is 4.02. The molecule has 0 spiro atoms. The summed E-state index contributed by atoms with van der Waals surface area (Å²) in [7, 11) is 0. The highest BCUT2D eigenvalue weighted by molar-refractivity contribution is 6.40. The molecular weight excluding hydrogens is 323 g/mol. The van der Waals surface area contributed by atoms with E-state index in [0.717, 1.165) is 31.6 Å². The number of halogens is 2. The Morgan fingerprint density at radius 1 is 1.05 bits per heavy atom. The average molecular weight is 343 g/mol. The van der Waals surface area contributed by atoms with Crippen LogP contribution in [0.4, 0.5) is 5.69 Å². The number of rotatable bonds is 3. The SMILES string of the molecule is CCC1CCC(NC(=O)C(=O)Nc2cc(Cl)cc(Cl)c2)CC1. The zero-order chi connectivity index (χ0) is 16.1. The van der Waals surface area contributed by atoms with Crippen LogP contribution in [0, 0.1) is 5.92 Å². The molecule has 22 heavy (non-hydrogen) atoms. The minimum atomic E-state index is -0.698. The van der Waals surface area contributed by atoms with E-state index in [1.54, 1.807) is 18.2 Å². The normalized spacial score (nSPS) is 21.2.